The molecule has 104 valence electrons. The first-order valence-corrected chi connectivity index (χ1v) is 9.56. The van der Waals surface area contributed by atoms with E-state index in [9.17, 15) is 0 Å². The summed E-state index contributed by atoms with van der Waals surface area (Å²) in [5.41, 5.74) is 5.99. The summed E-state index contributed by atoms with van der Waals surface area (Å²) in [7, 11) is 0. The standard InChI is InChI=1S/2C9H7.2BrH.Zr/c2*1-2-5-9-7-3-6-8(9)4-1;;;/h2*1-7H;2*1H;/q;;;;+2/p-2. The van der Waals surface area contributed by atoms with Gasteiger partial charge in [0.25, 0.3) is 0 Å². The largest absolute Gasteiger partial charge is 1.00 e. The maximum atomic E-state index is 2.44. The molecule has 2 aromatic rings. The van der Waals surface area contributed by atoms with Gasteiger partial charge in [0, 0.05) is 0 Å². The quantitative estimate of drug-likeness (QED) is 0.496. The van der Waals surface area contributed by atoms with Gasteiger partial charge >= 0.3 is 126 Å². The van der Waals surface area contributed by atoms with Crippen molar-refractivity contribution in [2.75, 3.05) is 0 Å². The van der Waals surface area contributed by atoms with Crippen LogP contribution in [0, 0.1) is 0 Å². The monoisotopic (exact) mass is 478 g/mol. The van der Waals surface area contributed by atoms with Crippen molar-refractivity contribution < 1.29 is 57.2 Å². The summed E-state index contributed by atoms with van der Waals surface area (Å²) in [6.45, 7) is 0. The predicted octanol–water partition coefficient (Wildman–Crippen LogP) is -1.39. The van der Waals surface area contributed by atoms with Crippen LogP contribution in [-0.4, -0.2) is 0 Å². The van der Waals surface area contributed by atoms with Gasteiger partial charge in [-0.2, -0.15) is 0 Å². The molecule has 0 saturated heterocycles. The number of hydrogen-bond acceptors (Lipinski definition) is 0. The van der Waals surface area contributed by atoms with Crippen LogP contribution < -0.4 is 34.0 Å². The molecular formula is C18H14Br2Zr. The van der Waals surface area contributed by atoms with Gasteiger partial charge in [-0.3, -0.25) is 0 Å². The van der Waals surface area contributed by atoms with Gasteiger partial charge in [0.2, 0.25) is 0 Å². The molecule has 2 atom stereocenters. The molecule has 0 aliphatic heterocycles. The first-order valence-electron chi connectivity index (χ1n) is 6.72. The van der Waals surface area contributed by atoms with Gasteiger partial charge in [0.05, 0.1) is 0 Å². The molecule has 2 aromatic carbocycles. The van der Waals surface area contributed by atoms with Gasteiger partial charge in [-0.1, -0.05) is 0 Å². The van der Waals surface area contributed by atoms with Crippen LogP contribution in [0.3, 0.4) is 0 Å². The molecule has 2 aliphatic carbocycles. The Labute approximate surface area is 158 Å². The van der Waals surface area contributed by atoms with Crippen molar-refractivity contribution in [1.29, 1.82) is 0 Å². The second kappa shape index (κ2) is 7.35. The summed E-state index contributed by atoms with van der Waals surface area (Å²) in [5.74, 6) is 0. The van der Waals surface area contributed by atoms with Crippen molar-refractivity contribution in [2.24, 2.45) is 0 Å². The third-order valence-electron chi connectivity index (χ3n) is 3.96. The van der Waals surface area contributed by atoms with Gasteiger partial charge in [-0.05, 0) is 0 Å². The van der Waals surface area contributed by atoms with E-state index in [0.717, 1.165) is 7.25 Å². The van der Waals surface area contributed by atoms with Gasteiger partial charge in [-0.25, -0.2) is 0 Å². The van der Waals surface area contributed by atoms with Crippen LogP contribution in [0.5, 0.6) is 0 Å². The Hall–Kier alpha value is -0.237. The van der Waals surface area contributed by atoms with Gasteiger partial charge in [0.15, 0.2) is 0 Å². The Bertz CT molecular complexity index is 632. The molecule has 2 aliphatic rings. The maximum Gasteiger partial charge on any atom is -1.00 e. The van der Waals surface area contributed by atoms with Gasteiger partial charge < -0.3 is 34.0 Å². The summed E-state index contributed by atoms with van der Waals surface area (Å²) >= 11 is -0.542. The molecule has 0 amide bonds. The zero-order valence-corrected chi connectivity index (χ0v) is 17.0. The number of benzene rings is 2. The van der Waals surface area contributed by atoms with Crippen LogP contribution >= 0.6 is 0 Å². The smallest absolute Gasteiger partial charge is 1.00 e. The molecule has 2 unspecified atom stereocenters. The fourth-order valence-electron chi connectivity index (χ4n) is 2.98. The molecule has 0 radical (unpaired) electrons. The van der Waals surface area contributed by atoms with E-state index < -0.39 is 23.2 Å². The summed E-state index contributed by atoms with van der Waals surface area (Å²) in [6.07, 6.45) is 9.49. The summed E-state index contributed by atoms with van der Waals surface area (Å²) in [6, 6.07) is 17.7. The predicted molar refractivity (Wildman–Crippen MR) is 76.4 cm³/mol. The Morgan fingerprint density at radius 3 is 1.52 bits per heavy atom. The summed E-state index contributed by atoms with van der Waals surface area (Å²) < 4.78 is 1.47. The summed E-state index contributed by atoms with van der Waals surface area (Å²) in [5, 5.41) is 0. The van der Waals surface area contributed by atoms with Crippen LogP contribution in [0.4, 0.5) is 0 Å². The molecule has 3 heteroatoms. The third kappa shape index (κ3) is 3.26. The molecular weight excluding hydrogens is 467 g/mol. The van der Waals surface area contributed by atoms with Crippen molar-refractivity contribution in [1.82, 2.24) is 0 Å². The summed E-state index contributed by atoms with van der Waals surface area (Å²) in [4.78, 5) is 0. The minimum absolute atomic E-state index is 0. The Morgan fingerprint density at radius 1 is 0.619 bits per heavy atom. The molecule has 4 rings (SSSR count). The van der Waals surface area contributed by atoms with Crippen LogP contribution in [-0.2, 0) is 23.2 Å². The van der Waals surface area contributed by atoms with Crippen molar-refractivity contribution >= 4 is 12.2 Å². The zero-order valence-electron chi connectivity index (χ0n) is 11.3. The van der Waals surface area contributed by atoms with E-state index in [2.05, 4.69) is 72.8 Å². The van der Waals surface area contributed by atoms with Crippen LogP contribution in [0.1, 0.15) is 29.5 Å². The van der Waals surface area contributed by atoms with Crippen molar-refractivity contribution in [2.45, 2.75) is 7.25 Å². The van der Waals surface area contributed by atoms with E-state index in [1.165, 1.54) is 11.1 Å². The van der Waals surface area contributed by atoms with Gasteiger partial charge in [-0.15, -0.1) is 0 Å². The molecule has 0 bridgehead atoms. The second-order valence-corrected chi connectivity index (χ2v) is 8.98. The number of halogens is 2. The van der Waals surface area contributed by atoms with E-state index in [0.29, 0.717) is 0 Å². The van der Waals surface area contributed by atoms with Crippen molar-refractivity contribution in [3.63, 3.8) is 0 Å². The van der Waals surface area contributed by atoms with E-state index in [1.807, 2.05) is 0 Å². The fourth-order valence-corrected chi connectivity index (χ4v) is 7.13. The molecule has 0 aromatic heterocycles. The SMILES string of the molecule is C1=C[CH]([Zr+2][CH]2C=Cc3ccccc32)c2ccccc21.[Br-].[Br-]. The molecule has 0 heterocycles. The first kappa shape index (κ1) is 17.1. The number of rotatable bonds is 2. The molecule has 21 heavy (non-hydrogen) atoms. The van der Waals surface area contributed by atoms with Crippen LogP contribution in [0.25, 0.3) is 12.2 Å². The average molecular weight is 481 g/mol. The van der Waals surface area contributed by atoms with Crippen molar-refractivity contribution in [3.8, 4) is 0 Å². The van der Waals surface area contributed by atoms with Crippen LogP contribution in [0.2, 0.25) is 0 Å². The normalized spacial score (nSPS) is 20.0. The van der Waals surface area contributed by atoms with Crippen molar-refractivity contribution in [3.05, 3.63) is 82.9 Å². The maximum absolute atomic E-state index is 2.44. The van der Waals surface area contributed by atoms with Crippen LogP contribution in [0.15, 0.2) is 60.7 Å². The third-order valence-corrected chi connectivity index (χ3v) is 8.20. The second-order valence-electron chi connectivity index (χ2n) is 5.10. The minimum atomic E-state index is -0.542. The van der Waals surface area contributed by atoms with Gasteiger partial charge in [0.1, 0.15) is 0 Å². The molecule has 0 N–H and O–H groups in total. The molecule has 0 saturated carbocycles. The van der Waals surface area contributed by atoms with E-state index >= 15 is 0 Å². The Morgan fingerprint density at radius 2 is 1.05 bits per heavy atom. The zero-order chi connectivity index (χ0) is 12.7. The molecule has 0 spiro atoms. The average Bonchev–Trinajstić information content (AvgIpc) is 3.05. The Balaban J connectivity index is 0.000000807. The van der Waals surface area contributed by atoms with E-state index in [4.69, 9.17) is 0 Å². The Kier molecular flexibility index (Phi) is 5.99. The number of allylic oxidation sites excluding steroid dienone is 2. The minimum Gasteiger partial charge on any atom is -1.00 e. The fraction of sp³-hybridized carbons (Fsp3) is 0.111. The molecule has 0 nitrogen and oxygen atoms in total. The van der Waals surface area contributed by atoms with E-state index in [1.54, 1.807) is 11.1 Å². The van der Waals surface area contributed by atoms with E-state index in [-0.39, 0.29) is 34.0 Å². The topological polar surface area (TPSA) is 0 Å². The number of hydrogen-bond donors (Lipinski definition) is 0. The number of fused-ring (bicyclic) bond motifs is 2. The molecule has 0 fully saturated rings. The first-order chi connectivity index (χ1) is 9.42.